The quantitative estimate of drug-likeness (QED) is 0.102. The van der Waals surface area contributed by atoms with Crippen LogP contribution in [0.5, 0.6) is 34.5 Å². The van der Waals surface area contributed by atoms with Gasteiger partial charge in [0.25, 0.3) is 9.05 Å². The molecule has 2 saturated heterocycles. The summed E-state index contributed by atoms with van der Waals surface area (Å²) in [6, 6.07) is 19.8. The molecule has 0 bridgehead atoms. The Morgan fingerprint density at radius 2 is 0.907 bits per heavy atom. The molecular formula is C54H77ClF2N6O10S2. The van der Waals surface area contributed by atoms with E-state index in [1.54, 1.807) is 12.1 Å². The number of rotatable bonds is 16. The van der Waals surface area contributed by atoms with Crippen molar-refractivity contribution in [2.75, 3.05) is 90.6 Å². The van der Waals surface area contributed by atoms with E-state index in [1.807, 2.05) is 33.8 Å². The zero-order valence-corrected chi connectivity index (χ0v) is 47.0. The summed E-state index contributed by atoms with van der Waals surface area (Å²) in [6.45, 7) is 15.4. The number of piperazine rings is 2. The Kier molecular flexibility index (Phi) is 21.8. The first kappa shape index (κ1) is 59.4. The summed E-state index contributed by atoms with van der Waals surface area (Å²) in [5, 5.41) is 0. The van der Waals surface area contributed by atoms with Gasteiger partial charge in [0.1, 0.15) is 23.1 Å². The second-order valence-electron chi connectivity index (χ2n) is 19.8. The standard InChI is InChI=1S/C27H38FN3O5S.C19H30FN3O.C8H9ClO4S/c1-19(2)36-26-17-20(28)5-11-24(26)31-15-13-30(14-16-31)22-8-6-21(7-9-22)29-37(32,33)23-10-12-25(34-3)27(18-23)35-4;1-14(2)24-19-13-15(20)3-8-18(19)23-11-9-22(10-12-23)17-6-4-16(21)5-7-17;1-12-7-4-3-6(14(9,10)11)5-8(7)13-2/h5,10-12,17-19,21-22,29H,6-9,13-16H2,1-4H3;3,8,13-14,16-17H,4-7,9-12,21H2,1-2H3;3-5H,1-2H3. The summed E-state index contributed by atoms with van der Waals surface area (Å²) in [6.07, 6.45) is 8.22. The van der Waals surface area contributed by atoms with Crippen LogP contribution in [-0.4, -0.2) is 144 Å². The van der Waals surface area contributed by atoms with E-state index in [-0.39, 0.29) is 39.7 Å². The van der Waals surface area contributed by atoms with Crippen molar-refractivity contribution in [3.8, 4) is 34.5 Å². The SMILES string of the molecule is CC(C)Oc1cc(F)ccc1N1CCN(C2CCC(N)CC2)CC1.COc1ccc(S(=O)(=O)Cl)cc1OC.COc1ccc(S(=O)(=O)NC2CCC(N3CCN(c4ccc(F)cc4OC(C)C)CC3)CC2)cc1OC. The number of benzene rings is 4. The highest BCUT2D eigenvalue weighted by atomic mass is 35.7. The number of hydrogen-bond acceptors (Lipinski definition) is 15. The van der Waals surface area contributed by atoms with E-state index in [4.69, 9.17) is 44.8 Å². The van der Waals surface area contributed by atoms with Crippen LogP contribution in [0, 0.1) is 11.6 Å². The molecule has 75 heavy (non-hydrogen) atoms. The fourth-order valence-electron chi connectivity index (χ4n) is 10.1. The molecule has 3 N–H and O–H groups in total. The number of nitrogens with two attached hydrogens (primary N) is 1. The molecule has 16 nitrogen and oxygen atoms in total. The average molecular weight is 1110 g/mol. The summed E-state index contributed by atoms with van der Waals surface area (Å²) >= 11 is 0. The molecule has 21 heteroatoms. The van der Waals surface area contributed by atoms with Crippen LogP contribution >= 0.6 is 10.7 Å². The van der Waals surface area contributed by atoms with E-state index in [0.29, 0.717) is 52.6 Å². The number of hydrogen-bond donors (Lipinski definition) is 2. The number of nitrogens with zero attached hydrogens (tertiary/aromatic N) is 4. The molecule has 0 radical (unpaired) electrons. The second kappa shape index (κ2) is 27.5. The van der Waals surface area contributed by atoms with Crippen LogP contribution in [0.1, 0.15) is 79.1 Å². The van der Waals surface area contributed by atoms with Crippen LogP contribution in [0.15, 0.2) is 82.6 Å². The topological polar surface area (TPSA) is 175 Å². The van der Waals surface area contributed by atoms with Crippen LogP contribution in [0.3, 0.4) is 0 Å². The fraction of sp³-hybridized carbons (Fsp3) is 0.556. The van der Waals surface area contributed by atoms with Crippen LogP contribution < -0.4 is 48.7 Å². The molecule has 416 valence electrons. The van der Waals surface area contributed by atoms with Gasteiger partial charge < -0.3 is 44.0 Å². The Bertz CT molecular complexity index is 2680. The Labute approximate surface area is 448 Å². The zero-order chi connectivity index (χ0) is 54.5. The van der Waals surface area contributed by atoms with Crippen molar-refractivity contribution in [3.63, 3.8) is 0 Å². The van der Waals surface area contributed by atoms with Gasteiger partial charge in [0.2, 0.25) is 10.0 Å². The normalized spacial score (nSPS) is 20.8. The van der Waals surface area contributed by atoms with Crippen LogP contribution in [0.4, 0.5) is 20.2 Å². The molecule has 0 amide bonds. The highest BCUT2D eigenvalue weighted by Crippen LogP contribution is 2.36. The van der Waals surface area contributed by atoms with Crippen molar-refractivity contribution in [2.24, 2.45) is 5.73 Å². The van der Waals surface area contributed by atoms with E-state index in [2.05, 4.69) is 24.3 Å². The third kappa shape index (κ3) is 16.8. The maximum absolute atomic E-state index is 13.8. The smallest absolute Gasteiger partial charge is 0.261 e. The summed E-state index contributed by atoms with van der Waals surface area (Å²) in [7, 11) is 3.67. The number of nitrogens with one attached hydrogen (secondary N) is 1. The molecule has 0 spiro atoms. The molecule has 2 aliphatic heterocycles. The molecule has 0 aromatic heterocycles. The minimum absolute atomic E-state index is 0.0168. The largest absolute Gasteiger partial charge is 0.493 e. The summed E-state index contributed by atoms with van der Waals surface area (Å²) in [5.41, 5.74) is 7.96. The van der Waals surface area contributed by atoms with E-state index < -0.39 is 19.1 Å². The third-order valence-electron chi connectivity index (χ3n) is 14.0. The van der Waals surface area contributed by atoms with Gasteiger partial charge in [-0.15, -0.1) is 0 Å². The highest BCUT2D eigenvalue weighted by molar-refractivity contribution is 8.13. The maximum atomic E-state index is 13.8. The third-order valence-corrected chi connectivity index (χ3v) is 16.8. The van der Waals surface area contributed by atoms with Gasteiger partial charge in [-0.1, -0.05) is 0 Å². The number of ether oxygens (including phenoxy) is 6. The summed E-state index contributed by atoms with van der Waals surface area (Å²) in [5.74, 6) is 2.36. The van der Waals surface area contributed by atoms with Crippen molar-refractivity contribution >= 4 is 41.1 Å². The first-order valence-corrected chi connectivity index (χ1v) is 29.6. The first-order chi connectivity index (χ1) is 35.7. The Morgan fingerprint density at radius 3 is 1.29 bits per heavy atom. The van der Waals surface area contributed by atoms with E-state index in [9.17, 15) is 25.6 Å². The average Bonchev–Trinajstić information content (AvgIpc) is 3.38. The molecular weight excluding hydrogens is 1030 g/mol. The lowest BCUT2D eigenvalue weighted by Gasteiger charge is -2.43. The molecule has 4 fully saturated rings. The molecule has 0 unspecified atom stereocenters. The van der Waals surface area contributed by atoms with Crippen LogP contribution in [0.2, 0.25) is 0 Å². The summed E-state index contributed by atoms with van der Waals surface area (Å²) < 4.78 is 110. The van der Waals surface area contributed by atoms with Crippen molar-refractivity contribution in [1.29, 1.82) is 0 Å². The Morgan fingerprint density at radius 1 is 0.520 bits per heavy atom. The monoisotopic (exact) mass is 1110 g/mol. The van der Waals surface area contributed by atoms with E-state index >= 15 is 0 Å². The van der Waals surface area contributed by atoms with Gasteiger partial charge in [0.15, 0.2) is 23.0 Å². The fourth-order valence-corrected chi connectivity index (χ4v) is 12.2. The van der Waals surface area contributed by atoms with E-state index in [1.165, 1.54) is 95.9 Å². The predicted octanol–water partition coefficient (Wildman–Crippen LogP) is 8.68. The second-order valence-corrected chi connectivity index (χ2v) is 24.1. The zero-order valence-electron chi connectivity index (χ0n) is 44.6. The molecule has 2 heterocycles. The minimum Gasteiger partial charge on any atom is -0.493 e. The number of halogens is 3. The van der Waals surface area contributed by atoms with Gasteiger partial charge in [-0.3, -0.25) is 9.80 Å². The van der Waals surface area contributed by atoms with Gasteiger partial charge >= 0.3 is 0 Å². The Balaban J connectivity index is 0.000000205. The molecule has 4 aromatic carbocycles. The first-order valence-electron chi connectivity index (χ1n) is 25.8. The molecule has 4 aromatic rings. The molecule has 0 atom stereocenters. The maximum Gasteiger partial charge on any atom is 0.261 e. The molecule has 8 rings (SSSR count). The number of anilines is 2. The lowest BCUT2D eigenvalue weighted by atomic mass is 9.90. The highest BCUT2D eigenvalue weighted by Gasteiger charge is 2.32. The van der Waals surface area contributed by atoms with Crippen molar-refractivity contribution in [1.82, 2.24) is 14.5 Å². The van der Waals surface area contributed by atoms with Crippen molar-refractivity contribution < 1.29 is 54.0 Å². The van der Waals surface area contributed by atoms with Gasteiger partial charge in [-0.2, -0.15) is 0 Å². The van der Waals surface area contributed by atoms with Crippen molar-refractivity contribution in [3.05, 3.63) is 84.4 Å². The van der Waals surface area contributed by atoms with Gasteiger partial charge in [-0.25, -0.2) is 30.3 Å². The lowest BCUT2D eigenvalue weighted by Crippen LogP contribution is -2.52. The molecule has 2 aliphatic carbocycles. The van der Waals surface area contributed by atoms with Gasteiger partial charge in [0.05, 0.1) is 61.8 Å². The number of sulfonamides is 1. The van der Waals surface area contributed by atoms with Gasteiger partial charge in [0, 0.05) is 111 Å². The number of methoxy groups -OCH3 is 4. The lowest BCUT2D eigenvalue weighted by molar-refractivity contribution is 0.139. The molecule has 2 saturated carbocycles. The van der Waals surface area contributed by atoms with Crippen LogP contribution in [-0.2, 0) is 19.1 Å². The Hall–Kier alpha value is -4.83. The predicted molar refractivity (Wildman–Crippen MR) is 291 cm³/mol. The summed E-state index contributed by atoms with van der Waals surface area (Å²) in [4.78, 5) is 9.84. The molecule has 4 aliphatic rings. The van der Waals surface area contributed by atoms with Crippen molar-refractivity contribution in [2.45, 2.75) is 125 Å². The van der Waals surface area contributed by atoms with Gasteiger partial charge in [-0.05, 0) is 128 Å². The minimum atomic E-state index is -3.72. The van der Waals surface area contributed by atoms with E-state index in [0.717, 1.165) is 102 Å². The van der Waals surface area contributed by atoms with Crippen LogP contribution in [0.25, 0.3) is 0 Å².